The Morgan fingerprint density at radius 3 is 2.95 bits per heavy atom. The molecule has 0 radical (unpaired) electrons. The van der Waals surface area contributed by atoms with E-state index in [0.29, 0.717) is 13.1 Å². The lowest BCUT2D eigenvalue weighted by Gasteiger charge is -2.32. The largest absolute Gasteiger partial charge is 0.341 e. The number of likely N-dealkylation sites (N-methyl/N-ethyl adjacent to an activating group) is 1. The predicted octanol–water partition coefficient (Wildman–Crippen LogP) is 2.59. The molecular formula is C17H18N2O2S. The van der Waals surface area contributed by atoms with Gasteiger partial charge in [0.15, 0.2) is 0 Å². The molecule has 0 saturated carbocycles. The molecule has 4 heterocycles. The SMILES string of the molecule is CN1C(=O)[C@@H]2CC[C@H]1CN(C(=O)c1ccc3sccc3c1)C2. The molecule has 114 valence electrons. The Hall–Kier alpha value is -1.88. The Labute approximate surface area is 133 Å². The van der Waals surface area contributed by atoms with Gasteiger partial charge in [-0.15, -0.1) is 11.3 Å². The lowest BCUT2D eigenvalue weighted by atomic mass is 9.95. The Morgan fingerprint density at radius 1 is 1.23 bits per heavy atom. The highest BCUT2D eigenvalue weighted by molar-refractivity contribution is 7.17. The molecule has 3 aliphatic rings. The molecule has 3 saturated heterocycles. The minimum atomic E-state index is -0.0300. The van der Waals surface area contributed by atoms with Crippen LogP contribution in [0.3, 0.4) is 0 Å². The summed E-state index contributed by atoms with van der Waals surface area (Å²) in [7, 11) is 1.87. The molecule has 3 fully saturated rings. The average Bonchev–Trinajstić information content (AvgIpc) is 2.84. The Balaban J connectivity index is 1.63. The van der Waals surface area contributed by atoms with Gasteiger partial charge < -0.3 is 9.80 Å². The lowest BCUT2D eigenvalue weighted by molar-refractivity contribution is -0.138. The first-order chi connectivity index (χ1) is 10.6. The van der Waals surface area contributed by atoms with Gasteiger partial charge in [-0.3, -0.25) is 9.59 Å². The molecule has 2 aromatic rings. The maximum absolute atomic E-state index is 12.8. The normalized spacial score (nSPS) is 24.9. The Bertz CT molecular complexity index is 754. The molecule has 22 heavy (non-hydrogen) atoms. The highest BCUT2D eigenvalue weighted by Gasteiger charge is 2.40. The molecule has 2 atom stereocenters. The number of hydrogen-bond donors (Lipinski definition) is 0. The van der Waals surface area contributed by atoms with Crippen LogP contribution in [0.5, 0.6) is 0 Å². The van der Waals surface area contributed by atoms with Gasteiger partial charge in [-0.1, -0.05) is 0 Å². The van der Waals surface area contributed by atoms with Crippen LogP contribution in [0.2, 0.25) is 0 Å². The topological polar surface area (TPSA) is 40.6 Å². The van der Waals surface area contributed by atoms with Gasteiger partial charge in [0.25, 0.3) is 5.91 Å². The fourth-order valence-corrected chi connectivity index (χ4v) is 4.38. The maximum Gasteiger partial charge on any atom is 0.253 e. The van der Waals surface area contributed by atoms with Crippen molar-refractivity contribution in [3.8, 4) is 0 Å². The molecule has 4 nitrogen and oxygen atoms in total. The molecule has 5 rings (SSSR count). The number of piperidine rings is 1. The van der Waals surface area contributed by atoms with Crippen molar-refractivity contribution < 1.29 is 9.59 Å². The smallest absolute Gasteiger partial charge is 0.253 e. The van der Waals surface area contributed by atoms with Gasteiger partial charge >= 0.3 is 0 Å². The summed E-state index contributed by atoms with van der Waals surface area (Å²) in [6.45, 7) is 1.21. The zero-order valence-electron chi connectivity index (χ0n) is 12.5. The first-order valence-electron chi connectivity index (χ1n) is 7.66. The zero-order chi connectivity index (χ0) is 15.3. The number of thiophene rings is 1. The van der Waals surface area contributed by atoms with E-state index >= 15 is 0 Å². The molecule has 1 aromatic carbocycles. The third kappa shape index (κ3) is 2.11. The van der Waals surface area contributed by atoms with Crippen LogP contribution >= 0.6 is 11.3 Å². The van der Waals surface area contributed by atoms with E-state index in [1.807, 2.05) is 46.5 Å². The van der Waals surface area contributed by atoms with Crippen LogP contribution in [-0.2, 0) is 4.79 Å². The summed E-state index contributed by atoms with van der Waals surface area (Å²) >= 11 is 1.68. The minimum absolute atomic E-state index is 0.0300. The number of nitrogens with zero attached hydrogens (tertiary/aromatic N) is 2. The van der Waals surface area contributed by atoms with Crippen LogP contribution in [0.1, 0.15) is 23.2 Å². The second-order valence-corrected chi connectivity index (χ2v) is 7.21. The van der Waals surface area contributed by atoms with Crippen molar-refractivity contribution in [2.24, 2.45) is 5.92 Å². The van der Waals surface area contributed by atoms with Crippen LogP contribution in [-0.4, -0.2) is 47.8 Å². The summed E-state index contributed by atoms with van der Waals surface area (Å²) in [6, 6.07) is 8.09. The number of carbonyl (C=O) groups excluding carboxylic acids is 2. The molecule has 3 aliphatic heterocycles. The van der Waals surface area contributed by atoms with E-state index < -0.39 is 0 Å². The molecule has 2 amide bonds. The van der Waals surface area contributed by atoms with Crippen molar-refractivity contribution in [1.29, 1.82) is 0 Å². The highest BCUT2D eigenvalue weighted by Crippen LogP contribution is 2.29. The number of amides is 2. The van der Waals surface area contributed by atoms with Gasteiger partial charge in [0.05, 0.1) is 5.92 Å². The summed E-state index contributed by atoms with van der Waals surface area (Å²) in [6.07, 6.45) is 1.90. The van der Waals surface area contributed by atoms with Crippen molar-refractivity contribution in [2.75, 3.05) is 20.1 Å². The highest BCUT2D eigenvalue weighted by atomic mass is 32.1. The fraction of sp³-hybridized carbons (Fsp3) is 0.412. The van der Waals surface area contributed by atoms with Crippen LogP contribution in [0.25, 0.3) is 10.1 Å². The van der Waals surface area contributed by atoms with Crippen molar-refractivity contribution in [3.63, 3.8) is 0 Å². The molecule has 0 unspecified atom stereocenters. The third-order valence-electron chi connectivity index (χ3n) is 4.95. The van der Waals surface area contributed by atoms with Gasteiger partial charge in [0, 0.05) is 36.4 Å². The lowest BCUT2D eigenvalue weighted by Crippen LogP contribution is -2.45. The van der Waals surface area contributed by atoms with E-state index in [2.05, 4.69) is 0 Å². The van der Waals surface area contributed by atoms with E-state index in [1.165, 1.54) is 4.70 Å². The average molecular weight is 314 g/mol. The van der Waals surface area contributed by atoms with Crippen molar-refractivity contribution in [1.82, 2.24) is 9.80 Å². The monoisotopic (exact) mass is 314 g/mol. The molecule has 0 spiro atoms. The molecule has 0 aliphatic carbocycles. The summed E-state index contributed by atoms with van der Waals surface area (Å²) < 4.78 is 1.20. The minimum Gasteiger partial charge on any atom is -0.341 e. The van der Waals surface area contributed by atoms with E-state index in [4.69, 9.17) is 0 Å². The van der Waals surface area contributed by atoms with Crippen LogP contribution in [0, 0.1) is 5.92 Å². The van der Waals surface area contributed by atoms with E-state index in [1.54, 1.807) is 11.3 Å². The van der Waals surface area contributed by atoms with E-state index in [9.17, 15) is 9.59 Å². The van der Waals surface area contributed by atoms with Gasteiger partial charge in [0.2, 0.25) is 5.91 Å². The number of benzene rings is 1. The van der Waals surface area contributed by atoms with Crippen molar-refractivity contribution >= 4 is 33.2 Å². The molecule has 2 bridgehead atoms. The van der Waals surface area contributed by atoms with Crippen LogP contribution < -0.4 is 0 Å². The van der Waals surface area contributed by atoms with Crippen molar-refractivity contribution in [2.45, 2.75) is 18.9 Å². The van der Waals surface area contributed by atoms with Crippen LogP contribution in [0.4, 0.5) is 0 Å². The first-order valence-corrected chi connectivity index (χ1v) is 8.54. The first kappa shape index (κ1) is 13.8. The fourth-order valence-electron chi connectivity index (χ4n) is 3.60. The number of fused-ring (bicyclic) bond motifs is 5. The summed E-state index contributed by atoms with van der Waals surface area (Å²) in [5.74, 6) is 0.213. The quantitative estimate of drug-likeness (QED) is 0.812. The number of rotatable bonds is 1. The number of hydrogen-bond acceptors (Lipinski definition) is 3. The second kappa shape index (κ2) is 5.09. The molecule has 0 N–H and O–H groups in total. The second-order valence-electron chi connectivity index (χ2n) is 6.26. The summed E-state index contributed by atoms with van der Waals surface area (Å²) in [4.78, 5) is 28.8. The third-order valence-corrected chi connectivity index (χ3v) is 5.85. The zero-order valence-corrected chi connectivity index (χ0v) is 13.3. The maximum atomic E-state index is 12.8. The Morgan fingerprint density at radius 2 is 2.09 bits per heavy atom. The number of carbonyl (C=O) groups is 2. The van der Waals surface area contributed by atoms with E-state index in [-0.39, 0.29) is 23.8 Å². The van der Waals surface area contributed by atoms with Gasteiger partial charge in [-0.25, -0.2) is 0 Å². The summed E-state index contributed by atoms with van der Waals surface area (Å²) in [5.41, 5.74) is 0.724. The molecule has 1 aromatic heterocycles. The summed E-state index contributed by atoms with van der Waals surface area (Å²) in [5, 5.41) is 3.15. The molecule has 5 heteroatoms. The van der Waals surface area contributed by atoms with Gasteiger partial charge in [-0.05, 0) is 47.9 Å². The van der Waals surface area contributed by atoms with E-state index in [0.717, 1.165) is 23.8 Å². The standard InChI is InChI=1S/C17H18N2O2S/c1-18-14-4-2-13(16(18)20)9-19(10-14)17(21)12-3-5-15-11(8-12)6-7-22-15/h3,5-8,13-14H,2,4,9-10H2,1H3/t13-,14+/m1/s1. The van der Waals surface area contributed by atoms with Gasteiger partial charge in [-0.2, -0.15) is 0 Å². The predicted molar refractivity (Wildman–Crippen MR) is 87.0 cm³/mol. The van der Waals surface area contributed by atoms with Crippen LogP contribution in [0.15, 0.2) is 29.6 Å². The molecular weight excluding hydrogens is 296 g/mol. The Kier molecular flexibility index (Phi) is 3.18. The van der Waals surface area contributed by atoms with Gasteiger partial charge in [0.1, 0.15) is 0 Å². The van der Waals surface area contributed by atoms with Crippen molar-refractivity contribution in [3.05, 3.63) is 35.2 Å².